The zero-order valence-electron chi connectivity index (χ0n) is 58.0. The van der Waals surface area contributed by atoms with Crippen molar-refractivity contribution >= 4 is 64.5 Å². The second kappa shape index (κ2) is 38.3. The number of benzene rings is 2. The van der Waals surface area contributed by atoms with Gasteiger partial charge in [0, 0.05) is 63.5 Å². The molecule has 3 amide bonds. The molecule has 0 spiro atoms. The molecule has 30 heteroatoms. The number of aliphatic hydroxyl groups excluding tert-OH is 2. The van der Waals surface area contributed by atoms with Crippen LogP contribution in [-0.2, 0) is 81.2 Å². The summed E-state index contributed by atoms with van der Waals surface area (Å²) in [6, 6.07) is 3.63. The Balaban J connectivity index is 0.997. The number of fused-ring (bicyclic) bond motifs is 4. The monoisotopic (exact) mass is 1390 g/mol. The molecule has 8 unspecified atom stereocenters. The van der Waals surface area contributed by atoms with Crippen molar-refractivity contribution in [1.29, 1.82) is 0 Å². The fourth-order valence-corrected chi connectivity index (χ4v) is 12.7. The van der Waals surface area contributed by atoms with Crippen molar-refractivity contribution in [2.45, 2.75) is 204 Å². The molecular formula is C69H98N6O24. The van der Waals surface area contributed by atoms with E-state index in [0.717, 1.165) is 0 Å². The summed E-state index contributed by atoms with van der Waals surface area (Å²) < 4.78 is 65.9. The number of hydrogen-bond donors (Lipinski definition) is 7. The fraction of sp³-hybridized carbons (Fsp3) is 0.667. The van der Waals surface area contributed by atoms with Gasteiger partial charge in [-0.05, 0) is 147 Å². The lowest BCUT2D eigenvalue weighted by molar-refractivity contribution is -0.365. The highest BCUT2D eigenvalue weighted by atomic mass is 16.8. The summed E-state index contributed by atoms with van der Waals surface area (Å²) in [6.45, 7) is 6.81. The van der Waals surface area contributed by atoms with E-state index in [0.29, 0.717) is 86.1 Å². The third kappa shape index (κ3) is 22.7. The molecule has 3 fully saturated rings. The minimum Gasteiger partial charge on any atom is -0.493 e. The second-order valence-electron chi connectivity index (χ2n) is 26.0. The van der Waals surface area contributed by atoms with Gasteiger partial charge in [-0.1, -0.05) is 0 Å². The van der Waals surface area contributed by atoms with Crippen molar-refractivity contribution < 1.29 is 115 Å². The number of carbonyl (C=O) groups excluding carboxylic acids is 11. The molecule has 0 bridgehead atoms. The van der Waals surface area contributed by atoms with Gasteiger partial charge >= 0.3 is 17.9 Å². The minimum atomic E-state index is -1.57. The number of likely N-dealkylation sites (N-methyl/N-ethyl adjacent to an activating group) is 1. The van der Waals surface area contributed by atoms with Crippen LogP contribution in [-0.4, -0.2) is 222 Å². The van der Waals surface area contributed by atoms with E-state index in [1.54, 1.807) is 50.2 Å². The van der Waals surface area contributed by atoms with Gasteiger partial charge in [0.15, 0.2) is 53.2 Å². The van der Waals surface area contributed by atoms with Crippen LogP contribution in [0.2, 0.25) is 0 Å². The number of ether oxygens (including phenoxy) is 11. The van der Waals surface area contributed by atoms with Gasteiger partial charge in [0.2, 0.25) is 30.3 Å². The van der Waals surface area contributed by atoms with Crippen molar-refractivity contribution in [2.75, 3.05) is 81.0 Å². The Hall–Kier alpha value is -7.55. The number of hydrogen-bond acceptors (Lipinski definition) is 27. The Morgan fingerprint density at radius 3 is 1.84 bits per heavy atom. The summed E-state index contributed by atoms with van der Waals surface area (Å²) >= 11 is 0. The molecule has 0 radical (unpaired) electrons. The van der Waals surface area contributed by atoms with Crippen LogP contribution >= 0.6 is 0 Å². The second-order valence-corrected chi connectivity index (χ2v) is 26.0. The predicted octanol–water partition coefficient (Wildman–Crippen LogP) is 2.42. The molecule has 4 aliphatic heterocycles. The maximum atomic E-state index is 14.2. The average Bonchev–Trinajstić information content (AvgIpc) is 1.69. The molecule has 0 aromatic heterocycles. The summed E-state index contributed by atoms with van der Waals surface area (Å²) in [5, 5.41) is 37.1. The Bertz CT molecular complexity index is 3150. The molecule has 2 aromatic rings. The number of esters is 3. The van der Waals surface area contributed by atoms with Crippen molar-refractivity contribution in [3.8, 4) is 28.7 Å². The van der Waals surface area contributed by atoms with Gasteiger partial charge in [-0.3, -0.25) is 48.1 Å². The third-order valence-corrected chi connectivity index (χ3v) is 17.8. The average molecular weight is 1400 g/mol. The smallest absolute Gasteiger partial charge is 0.325 e. The van der Waals surface area contributed by atoms with Crippen LogP contribution in [0.25, 0.3) is 0 Å². The standard InChI is InChI=1S/C69H98N6O24/c1-37(76)17-14-21-55(82)70-25-12-10-19-46(39(3)78)72-31-48(80)47(20-11-13-26-71-56(83)22-15-18-38(2)77)73-32-49(81)62(40(4)79)74-57(84)23-16-24-58(85)97-67-63(87)66-54(35-91-41(5)95-66)96-69(67)99-64-44-30-51-50(93-36-94-51)29-43(44)60(61-45(64)34-92-68(61)88)42-27-52(89-8)65(53(28-42)90-9)98-59(86)33-75(6)7/h27-30,40-41,45-47,54,60-64,66-67,69,72-73,79,87H,10-26,31-36H2,1-9H3,(H,70,82)(H,71,83)(H,74,84)/t40?,41?,45-,46?,47-,54?,60+,61-,62+,63?,64+,66?,67?,69?/m0/s1. The van der Waals surface area contributed by atoms with E-state index in [9.17, 15) is 63.0 Å². The largest absolute Gasteiger partial charge is 0.493 e. The van der Waals surface area contributed by atoms with Gasteiger partial charge in [-0.15, -0.1) is 0 Å². The molecule has 548 valence electrons. The first kappa shape index (κ1) is 78.8. The van der Waals surface area contributed by atoms with Gasteiger partial charge in [0.25, 0.3) is 0 Å². The van der Waals surface area contributed by atoms with Gasteiger partial charge < -0.3 is 98.5 Å². The molecule has 14 atom stereocenters. The van der Waals surface area contributed by atoms with Gasteiger partial charge in [0.1, 0.15) is 41.7 Å². The van der Waals surface area contributed by atoms with Crippen molar-refractivity contribution in [1.82, 2.24) is 31.5 Å². The maximum Gasteiger partial charge on any atom is 0.325 e. The van der Waals surface area contributed by atoms with Crippen LogP contribution in [0.5, 0.6) is 28.7 Å². The Morgan fingerprint density at radius 1 is 0.677 bits per heavy atom. The zero-order valence-corrected chi connectivity index (χ0v) is 58.0. The van der Waals surface area contributed by atoms with Crippen LogP contribution in [0, 0.1) is 11.8 Å². The minimum absolute atomic E-state index is 0.00568. The summed E-state index contributed by atoms with van der Waals surface area (Å²) in [5.74, 6) is -5.89. The molecule has 7 rings (SSSR count). The number of methoxy groups -OCH3 is 2. The van der Waals surface area contributed by atoms with E-state index in [2.05, 4.69) is 26.6 Å². The van der Waals surface area contributed by atoms with E-state index in [-0.39, 0.29) is 130 Å². The number of nitrogens with zero attached hydrogens (tertiary/aromatic N) is 1. The number of unbranched alkanes of at least 4 members (excludes halogenated alkanes) is 2. The number of Topliss-reactive ketones (excluding diaryl/α,β-unsaturated/α-hetero) is 5. The Morgan fingerprint density at radius 2 is 1.25 bits per heavy atom. The summed E-state index contributed by atoms with van der Waals surface area (Å²) in [4.78, 5) is 144. The number of carbonyl (C=O) groups is 11. The SMILES string of the molecule is COc1cc([C@@H]2c3cc4c(cc3[C@@H](OC3OC5COC(C)OC5C(O)C3OC(=O)CCCC(=O)N[C@@H](C(=O)CN[C@@H](CCCCNC(=O)CCCC(C)=O)C(=O)CNC(CCCCNC(=O)CCCC(C)=O)C(C)=O)C(C)O)[C@H]3COC(=O)[C@H]23)OCO4)cc(OC)c1OC(=O)CN(C)C. The number of aliphatic hydroxyl groups is 2. The molecule has 1 aliphatic carbocycles. The summed E-state index contributed by atoms with van der Waals surface area (Å²) in [5.41, 5.74) is 1.57. The molecule has 30 nitrogen and oxygen atoms in total. The number of amides is 3. The highest BCUT2D eigenvalue weighted by Crippen LogP contribution is 2.57. The van der Waals surface area contributed by atoms with Crippen LogP contribution < -0.4 is 50.3 Å². The molecule has 0 saturated carbocycles. The fourth-order valence-electron chi connectivity index (χ4n) is 12.7. The molecule has 99 heavy (non-hydrogen) atoms. The number of rotatable bonds is 42. The van der Waals surface area contributed by atoms with Crippen LogP contribution in [0.15, 0.2) is 24.3 Å². The molecule has 5 aliphatic rings. The first-order valence-electron chi connectivity index (χ1n) is 34.0. The van der Waals surface area contributed by atoms with Gasteiger partial charge in [-0.2, -0.15) is 0 Å². The molecular weight excluding hydrogens is 1300 g/mol. The highest BCUT2D eigenvalue weighted by Gasteiger charge is 2.57. The lowest BCUT2D eigenvalue weighted by Gasteiger charge is -2.48. The van der Waals surface area contributed by atoms with Gasteiger partial charge in [0.05, 0.1) is 77.3 Å². The van der Waals surface area contributed by atoms with Crippen molar-refractivity contribution in [3.63, 3.8) is 0 Å². The Labute approximate surface area is 575 Å². The zero-order chi connectivity index (χ0) is 72.0. The first-order chi connectivity index (χ1) is 47.3. The summed E-state index contributed by atoms with van der Waals surface area (Å²) in [6.07, 6.45) is -6.42. The first-order valence-corrected chi connectivity index (χ1v) is 34.0. The topological polar surface area (TPSA) is 393 Å². The van der Waals surface area contributed by atoms with Crippen LogP contribution in [0.4, 0.5) is 0 Å². The highest BCUT2D eigenvalue weighted by molar-refractivity contribution is 5.92. The van der Waals surface area contributed by atoms with Crippen molar-refractivity contribution in [2.24, 2.45) is 11.8 Å². The Kier molecular flexibility index (Phi) is 30.5. The van der Waals surface area contributed by atoms with E-state index >= 15 is 0 Å². The van der Waals surface area contributed by atoms with Gasteiger partial charge in [-0.25, -0.2) is 0 Å². The van der Waals surface area contributed by atoms with Crippen LogP contribution in [0.1, 0.15) is 160 Å². The molecule has 2 aromatic carbocycles. The molecule has 3 saturated heterocycles. The number of cyclic esters (lactones) is 1. The lowest BCUT2D eigenvalue weighted by Crippen LogP contribution is -2.64. The lowest BCUT2D eigenvalue weighted by atomic mass is 9.66. The molecule has 7 N–H and O–H groups in total. The van der Waals surface area contributed by atoms with E-state index in [1.807, 2.05) is 0 Å². The van der Waals surface area contributed by atoms with E-state index in [1.165, 1.54) is 41.9 Å². The molecule has 4 heterocycles. The summed E-state index contributed by atoms with van der Waals surface area (Å²) in [7, 11) is 6.22. The van der Waals surface area contributed by atoms with E-state index < -0.39 is 128 Å². The normalized spacial score (nSPS) is 23.2. The van der Waals surface area contributed by atoms with E-state index in [4.69, 9.17) is 52.1 Å². The van der Waals surface area contributed by atoms with Crippen LogP contribution in [0.3, 0.4) is 0 Å². The third-order valence-electron chi connectivity index (χ3n) is 17.8. The predicted molar refractivity (Wildman–Crippen MR) is 349 cm³/mol. The quantitative estimate of drug-likeness (QED) is 0.0285. The number of ketones is 5. The maximum absolute atomic E-state index is 14.2. The van der Waals surface area contributed by atoms with Crippen molar-refractivity contribution in [3.05, 3.63) is 41.0 Å². The number of nitrogens with one attached hydrogen (secondary N) is 5.